The molecule has 1 saturated carbocycles. The molecule has 0 radical (unpaired) electrons. The van der Waals surface area contributed by atoms with Crippen LogP contribution in [-0.4, -0.2) is 27.2 Å². The van der Waals surface area contributed by atoms with Crippen molar-refractivity contribution in [2.45, 2.75) is 66.1 Å². The maximum absolute atomic E-state index is 13.0. The molecule has 0 bridgehead atoms. The highest BCUT2D eigenvalue weighted by Gasteiger charge is 2.32. The Morgan fingerprint density at radius 2 is 1.77 bits per heavy atom. The molecule has 1 aromatic heterocycles. The van der Waals surface area contributed by atoms with Crippen molar-refractivity contribution in [3.63, 3.8) is 0 Å². The monoisotopic (exact) mass is 352 g/mol. The standard InChI is InChI=1S/C21H28N4O/c1-14-9-10-19(15(2)11-14)24-12-23(18-7-5-6-8-18)13-25-20(26)16(3)17(4)22-21(24)25/h9-11,18H,5-8,12-13H2,1-4H3. The molecule has 5 heteroatoms. The lowest BCUT2D eigenvalue weighted by atomic mass is 10.1. The number of anilines is 2. The van der Waals surface area contributed by atoms with Crippen molar-refractivity contribution in [1.29, 1.82) is 0 Å². The molecule has 138 valence electrons. The molecule has 1 fully saturated rings. The molecule has 1 aliphatic carbocycles. The zero-order valence-corrected chi connectivity index (χ0v) is 16.2. The van der Waals surface area contributed by atoms with Gasteiger partial charge in [0.15, 0.2) is 0 Å². The summed E-state index contributed by atoms with van der Waals surface area (Å²) in [7, 11) is 0. The number of fused-ring (bicyclic) bond motifs is 1. The van der Waals surface area contributed by atoms with Crippen molar-refractivity contribution < 1.29 is 0 Å². The summed E-state index contributed by atoms with van der Waals surface area (Å²) >= 11 is 0. The van der Waals surface area contributed by atoms with E-state index in [1.807, 2.05) is 18.4 Å². The summed E-state index contributed by atoms with van der Waals surface area (Å²) in [5.41, 5.74) is 5.28. The Kier molecular flexibility index (Phi) is 4.35. The summed E-state index contributed by atoms with van der Waals surface area (Å²) in [6.45, 7) is 9.51. The molecule has 2 aromatic rings. The first-order valence-electron chi connectivity index (χ1n) is 9.62. The third-order valence-corrected chi connectivity index (χ3v) is 5.99. The van der Waals surface area contributed by atoms with Crippen LogP contribution in [0.5, 0.6) is 0 Å². The van der Waals surface area contributed by atoms with Crippen molar-refractivity contribution >= 4 is 11.6 Å². The van der Waals surface area contributed by atoms with Crippen LogP contribution < -0.4 is 10.5 Å². The fourth-order valence-electron chi connectivity index (χ4n) is 4.34. The minimum atomic E-state index is 0.0879. The van der Waals surface area contributed by atoms with Gasteiger partial charge >= 0.3 is 0 Å². The van der Waals surface area contributed by atoms with Crippen LogP contribution in [0.4, 0.5) is 11.6 Å². The van der Waals surface area contributed by atoms with Crippen molar-refractivity contribution in [2.24, 2.45) is 0 Å². The third kappa shape index (κ3) is 2.84. The van der Waals surface area contributed by atoms with E-state index >= 15 is 0 Å². The van der Waals surface area contributed by atoms with E-state index in [1.165, 1.54) is 36.8 Å². The first kappa shape index (κ1) is 17.3. The predicted octanol–water partition coefficient (Wildman–Crippen LogP) is 3.79. The molecule has 0 saturated heterocycles. The highest BCUT2D eigenvalue weighted by atomic mass is 16.1. The van der Waals surface area contributed by atoms with Crippen molar-refractivity contribution in [2.75, 3.05) is 11.6 Å². The van der Waals surface area contributed by atoms with Gasteiger partial charge in [-0.1, -0.05) is 30.5 Å². The molecule has 26 heavy (non-hydrogen) atoms. The van der Waals surface area contributed by atoms with E-state index in [0.717, 1.165) is 29.6 Å². The van der Waals surface area contributed by atoms with Gasteiger partial charge in [-0.05, 0) is 52.2 Å². The molecule has 1 aromatic carbocycles. The minimum absolute atomic E-state index is 0.0879. The Hall–Kier alpha value is -2.14. The lowest BCUT2D eigenvalue weighted by molar-refractivity contribution is 0.138. The number of aryl methyl sites for hydroxylation is 3. The van der Waals surface area contributed by atoms with Gasteiger partial charge in [0.2, 0.25) is 5.95 Å². The second-order valence-electron chi connectivity index (χ2n) is 7.88. The Morgan fingerprint density at radius 3 is 2.46 bits per heavy atom. The second kappa shape index (κ2) is 6.54. The van der Waals surface area contributed by atoms with E-state index in [0.29, 0.717) is 12.7 Å². The van der Waals surface area contributed by atoms with Gasteiger partial charge in [-0.25, -0.2) is 4.98 Å². The smallest absolute Gasteiger partial charge is 0.259 e. The van der Waals surface area contributed by atoms with E-state index in [2.05, 4.69) is 41.8 Å². The normalized spacial score (nSPS) is 18.4. The minimum Gasteiger partial charge on any atom is -0.298 e. The zero-order chi connectivity index (χ0) is 18.4. The molecule has 0 unspecified atom stereocenters. The number of hydrogen-bond donors (Lipinski definition) is 0. The van der Waals surface area contributed by atoms with Gasteiger partial charge in [0, 0.05) is 23.0 Å². The van der Waals surface area contributed by atoms with Crippen molar-refractivity contribution in [3.05, 3.63) is 50.9 Å². The molecule has 2 heterocycles. The van der Waals surface area contributed by atoms with E-state index in [-0.39, 0.29) is 5.56 Å². The van der Waals surface area contributed by atoms with Crippen LogP contribution in [0, 0.1) is 27.7 Å². The van der Waals surface area contributed by atoms with E-state index in [9.17, 15) is 4.79 Å². The quantitative estimate of drug-likeness (QED) is 0.825. The summed E-state index contributed by atoms with van der Waals surface area (Å²) in [5, 5.41) is 0. The number of aromatic nitrogens is 2. The molecule has 1 aliphatic heterocycles. The van der Waals surface area contributed by atoms with E-state index in [1.54, 1.807) is 0 Å². The first-order chi connectivity index (χ1) is 12.5. The van der Waals surface area contributed by atoms with Crippen LogP contribution in [0.1, 0.15) is 48.1 Å². The summed E-state index contributed by atoms with van der Waals surface area (Å²) in [5.74, 6) is 0.777. The molecular weight excluding hydrogens is 324 g/mol. The summed E-state index contributed by atoms with van der Waals surface area (Å²) in [4.78, 5) is 22.5. The number of nitrogens with zero attached hydrogens (tertiary/aromatic N) is 4. The van der Waals surface area contributed by atoms with Crippen LogP contribution in [0.2, 0.25) is 0 Å². The van der Waals surface area contributed by atoms with Crippen LogP contribution >= 0.6 is 0 Å². The van der Waals surface area contributed by atoms with Crippen LogP contribution in [0.25, 0.3) is 0 Å². The van der Waals surface area contributed by atoms with Crippen LogP contribution in [0.3, 0.4) is 0 Å². The van der Waals surface area contributed by atoms with Gasteiger partial charge in [0.25, 0.3) is 5.56 Å². The average molecular weight is 352 g/mol. The van der Waals surface area contributed by atoms with E-state index in [4.69, 9.17) is 4.98 Å². The lowest BCUT2D eigenvalue weighted by Gasteiger charge is -2.41. The Bertz CT molecular complexity index is 896. The number of hydrogen-bond acceptors (Lipinski definition) is 4. The Balaban J connectivity index is 1.85. The fraction of sp³-hybridized carbons (Fsp3) is 0.524. The maximum atomic E-state index is 13.0. The SMILES string of the molecule is Cc1ccc(N2CN(C3CCCC3)Cn3c2nc(C)c(C)c3=O)c(C)c1. The molecule has 0 amide bonds. The highest BCUT2D eigenvalue weighted by Crippen LogP contribution is 2.33. The summed E-state index contributed by atoms with van der Waals surface area (Å²) in [6.07, 6.45) is 5.03. The van der Waals surface area contributed by atoms with Crippen LogP contribution in [-0.2, 0) is 6.67 Å². The van der Waals surface area contributed by atoms with E-state index < -0.39 is 0 Å². The molecule has 4 rings (SSSR count). The topological polar surface area (TPSA) is 41.4 Å². The Labute approximate surface area is 155 Å². The number of rotatable bonds is 2. The highest BCUT2D eigenvalue weighted by molar-refractivity contribution is 5.63. The van der Waals surface area contributed by atoms with Crippen molar-refractivity contribution in [1.82, 2.24) is 14.5 Å². The summed E-state index contributed by atoms with van der Waals surface area (Å²) in [6, 6.07) is 7.06. The molecule has 0 atom stereocenters. The third-order valence-electron chi connectivity index (χ3n) is 5.99. The maximum Gasteiger partial charge on any atom is 0.259 e. The molecule has 0 N–H and O–H groups in total. The molecule has 5 nitrogen and oxygen atoms in total. The van der Waals surface area contributed by atoms with Crippen LogP contribution in [0.15, 0.2) is 23.0 Å². The first-order valence-corrected chi connectivity index (χ1v) is 9.62. The lowest BCUT2D eigenvalue weighted by Crippen LogP contribution is -2.51. The summed E-state index contributed by atoms with van der Waals surface area (Å²) < 4.78 is 1.86. The second-order valence-corrected chi connectivity index (χ2v) is 7.88. The Morgan fingerprint density at radius 1 is 1.04 bits per heavy atom. The predicted molar refractivity (Wildman–Crippen MR) is 105 cm³/mol. The number of benzene rings is 1. The van der Waals surface area contributed by atoms with Gasteiger partial charge in [-0.2, -0.15) is 0 Å². The van der Waals surface area contributed by atoms with Gasteiger partial charge < -0.3 is 0 Å². The van der Waals surface area contributed by atoms with Gasteiger partial charge in [-0.3, -0.25) is 19.2 Å². The zero-order valence-electron chi connectivity index (χ0n) is 16.2. The van der Waals surface area contributed by atoms with Gasteiger partial charge in [0.05, 0.1) is 13.3 Å². The largest absolute Gasteiger partial charge is 0.298 e. The molecule has 0 spiro atoms. The van der Waals surface area contributed by atoms with Gasteiger partial charge in [0.1, 0.15) is 0 Å². The van der Waals surface area contributed by atoms with Crippen molar-refractivity contribution in [3.8, 4) is 0 Å². The van der Waals surface area contributed by atoms with Gasteiger partial charge in [-0.15, -0.1) is 0 Å². The fourth-order valence-corrected chi connectivity index (χ4v) is 4.34. The molecule has 2 aliphatic rings. The average Bonchev–Trinajstić information content (AvgIpc) is 3.14. The molecular formula is C21H28N4O.